The van der Waals surface area contributed by atoms with Crippen LogP contribution in [0.5, 0.6) is 5.75 Å². The average Bonchev–Trinajstić information content (AvgIpc) is 2.69. The fourth-order valence-corrected chi connectivity index (χ4v) is 2.03. The molecule has 2 heterocycles. The molecule has 0 amide bonds. The number of aliphatic hydroxyl groups is 1. The molecular weight excluding hydrogens is 230 g/mol. The molecular formula is C13H17N3O2. The second-order valence-electron chi connectivity index (χ2n) is 4.25. The van der Waals surface area contributed by atoms with Gasteiger partial charge in [-0.25, -0.2) is 0 Å². The highest BCUT2D eigenvalue weighted by molar-refractivity contribution is 5.36. The Kier molecular flexibility index (Phi) is 3.34. The molecule has 0 aromatic carbocycles. The zero-order valence-electron chi connectivity index (χ0n) is 11.0. The fraction of sp³-hybridized carbons (Fsp3) is 0.385. The Labute approximate surface area is 106 Å². The molecule has 0 aliphatic carbocycles. The highest BCUT2D eigenvalue weighted by atomic mass is 16.5. The zero-order valence-corrected chi connectivity index (χ0v) is 11.0. The number of hydrogen-bond acceptors (Lipinski definition) is 4. The molecule has 0 aliphatic heterocycles. The smallest absolute Gasteiger partial charge is 0.162 e. The Balaban J connectivity index is 2.47. The molecule has 5 nitrogen and oxygen atoms in total. The van der Waals surface area contributed by atoms with Gasteiger partial charge in [-0.2, -0.15) is 5.10 Å². The highest BCUT2D eigenvalue weighted by Crippen LogP contribution is 2.30. The second-order valence-corrected chi connectivity index (χ2v) is 4.25. The van der Waals surface area contributed by atoms with Crippen molar-refractivity contribution in [3.63, 3.8) is 0 Å². The Morgan fingerprint density at radius 2 is 2.06 bits per heavy atom. The number of pyridine rings is 1. The van der Waals surface area contributed by atoms with Crippen LogP contribution in [0.3, 0.4) is 0 Å². The van der Waals surface area contributed by atoms with Crippen LogP contribution >= 0.6 is 0 Å². The van der Waals surface area contributed by atoms with Crippen molar-refractivity contribution in [1.29, 1.82) is 0 Å². The van der Waals surface area contributed by atoms with E-state index in [2.05, 4.69) is 10.1 Å². The molecule has 1 unspecified atom stereocenters. The van der Waals surface area contributed by atoms with Crippen molar-refractivity contribution >= 4 is 0 Å². The number of aliphatic hydroxyl groups excluding tert-OH is 1. The molecule has 0 aliphatic rings. The Morgan fingerprint density at radius 1 is 1.33 bits per heavy atom. The van der Waals surface area contributed by atoms with Gasteiger partial charge < -0.3 is 9.84 Å². The lowest BCUT2D eigenvalue weighted by molar-refractivity contribution is 0.203. The van der Waals surface area contributed by atoms with Crippen LogP contribution in [-0.4, -0.2) is 27.0 Å². The highest BCUT2D eigenvalue weighted by Gasteiger charge is 2.21. The molecule has 0 saturated carbocycles. The third-order valence-corrected chi connectivity index (χ3v) is 2.99. The first-order valence-corrected chi connectivity index (χ1v) is 5.72. The van der Waals surface area contributed by atoms with Gasteiger partial charge in [0.2, 0.25) is 0 Å². The van der Waals surface area contributed by atoms with Crippen molar-refractivity contribution in [1.82, 2.24) is 14.8 Å². The van der Waals surface area contributed by atoms with E-state index >= 15 is 0 Å². The molecule has 1 N–H and O–H groups in total. The van der Waals surface area contributed by atoms with E-state index in [0.29, 0.717) is 11.4 Å². The van der Waals surface area contributed by atoms with E-state index < -0.39 is 6.10 Å². The number of nitrogens with zero attached hydrogens (tertiary/aromatic N) is 3. The van der Waals surface area contributed by atoms with Gasteiger partial charge in [0.25, 0.3) is 0 Å². The van der Waals surface area contributed by atoms with Crippen LogP contribution in [0.1, 0.15) is 28.7 Å². The minimum absolute atomic E-state index is 0.574. The average molecular weight is 247 g/mol. The Morgan fingerprint density at radius 3 is 2.67 bits per heavy atom. The minimum Gasteiger partial charge on any atom is -0.493 e. The monoisotopic (exact) mass is 247 g/mol. The molecule has 0 spiro atoms. The van der Waals surface area contributed by atoms with Crippen molar-refractivity contribution in [2.24, 2.45) is 7.05 Å². The summed E-state index contributed by atoms with van der Waals surface area (Å²) in [4.78, 5) is 4.36. The van der Waals surface area contributed by atoms with Crippen molar-refractivity contribution < 1.29 is 9.84 Å². The summed E-state index contributed by atoms with van der Waals surface area (Å²) in [6, 6.07) is 3.77. The van der Waals surface area contributed by atoms with E-state index in [0.717, 1.165) is 17.0 Å². The number of hydrogen-bond donors (Lipinski definition) is 1. The van der Waals surface area contributed by atoms with Crippen LogP contribution < -0.4 is 4.74 Å². The normalized spacial score (nSPS) is 12.5. The predicted octanol–water partition coefficient (Wildman–Crippen LogP) is 1.52. The number of ether oxygens (including phenoxy) is 1. The number of rotatable bonds is 3. The number of aryl methyl sites for hydroxylation is 3. The van der Waals surface area contributed by atoms with E-state index in [9.17, 15) is 5.11 Å². The lowest BCUT2D eigenvalue weighted by Crippen LogP contribution is -2.10. The van der Waals surface area contributed by atoms with Gasteiger partial charge >= 0.3 is 0 Å². The maximum absolute atomic E-state index is 10.5. The standard InChI is InChI=1S/C13H17N3O2/c1-8-5-6-10(9(2)15-8)13(17)12-11(18-4)7-14-16(12)3/h5-7,13,17H,1-4H3. The lowest BCUT2D eigenvalue weighted by atomic mass is 10.0. The third-order valence-electron chi connectivity index (χ3n) is 2.99. The second kappa shape index (κ2) is 4.78. The van der Waals surface area contributed by atoms with E-state index in [4.69, 9.17) is 4.74 Å². The molecule has 5 heteroatoms. The summed E-state index contributed by atoms with van der Waals surface area (Å²) in [5, 5.41) is 14.6. The van der Waals surface area contributed by atoms with Crippen LogP contribution in [0.2, 0.25) is 0 Å². The Bertz CT molecular complexity index is 563. The molecule has 1 atom stereocenters. The van der Waals surface area contributed by atoms with Crippen molar-refractivity contribution in [3.8, 4) is 5.75 Å². The van der Waals surface area contributed by atoms with Crippen LogP contribution in [0.4, 0.5) is 0 Å². The molecule has 18 heavy (non-hydrogen) atoms. The molecule has 0 radical (unpaired) electrons. The van der Waals surface area contributed by atoms with Gasteiger partial charge in [0.1, 0.15) is 11.8 Å². The van der Waals surface area contributed by atoms with Crippen LogP contribution in [0.25, 0.3) is 0 Å². The Hall–Kier alpha value is -1.88. The van der Waals surface area contributed by atoms with Gasteiger partial charge in [-0.3, -0.25) is 9.67 Å². The molecule has 0 fully saturated rings. The lowest BCUT2D eigenvalue weighted by Gasteiger charge is -2.15. The minimum atomic E-state index is -0.791. The SMILES string of the molecule is COc1cnn(C)c1C(O)c1ccc(C)nc1C. The van der Waals surface area contributed by atoms with Gasteiger partial charge in [0.05, 0.1) is 13.3 Å². The largest absolute Gasteiger partial charge is 0.493 e. The van der Waals surface area contributed by atoms with Crippen molar-refractivity contribution in [2.75, 3.05) is 7.11 Å². The van der Waals surface area contributed by atoms with Gasteiger partial charge in [-0.15, -0.1) is 0 Å². The van der Waals surface area contributed by atoms with Crippen molar-refractivity contribution in [3.05, 3.63) is 41.0 Å². The summed E-state index contributed by atoms with van der Waals surface area (Å²) in [5.74, 6) is 0.574. The zero-order chi connectivity index (χ0) is 13.3. The molecule has 2 rings (SSSR count). The van der Waals surface area contributed by atoms with Crippen molar-refractivity contribution in [2.45, 2.75) is 20.0 Å². The van der Waals surface area contributed by atoms with E-state index in [1.54, 1.807) is 25.0 Å². The van der Waals surface area contributed by atoms with Crippen LogP contribution in [-0.2, 0) is 7.05 Å². The molecule has 2 aromatic rings. The molecule has 96 valence electrons. The summed E-state index contributed by atoms with van der Waals surface area (Å²) < 4.78 is 6.82. The summed E-state index contributed by atoms with van der Waals surface area (Å²) in [6.45, 7) is 3.81. The van der Waals surface area contributed by atoms with E-state index in [1.165, 1.54) is 0 Å². The maximum atomic E-state index is 10.5. The molecule has 2 aromatic heterocycles. The first kappa shape index (κ1) is 12.6. The fourth-order valence-electron chi connectivity index (χ4n) is 2.03. The van der Waals surface area contributed by atoms with E-state index in [1.807, 2.05) is 26.0 Å². The predicted molar refractivity (Wildman–Crippen MR) is 67.5 cm³/mol. The molecule has 0 bridgehead atoms. The quantitative estimate of drug-likeness (QED) is 0.893. The van der Waals surface area contributed by atoms with Gasteiger partial charge in [0, 0.05) is 24.0 Å². The first-order valence-electron chi connectivity index (χ1n) is 5.72. The summed E-state index contributed by atoms with van der Waals surface area (Å²) in [7, 11) is 3.34. The first-order chi connectivity index (χ1) is 8.54. The van der Waals surface area contributed by atoms with Crippen LogP contribution in [0.15, 0.2) is 18.3 Å². The number of methoxy groups -OCH3 is 1. The van der Waals surface area contributed by atoms with Gasteiger partial charge in [-0.1, -0.05) is 6.07 Å². The summed E-state index contributed by atoms with van der Waals surface area (Å²) >= 11 is 0. The van der Waals surface area contributed by atoms with E-state index in [-0.39, 0.29) is 0 Å². The summed E-state index contributed by atoms with van der Waals surface area (Å²) in [6.07, 6.45) is 0.802. The van der Waals surface area contributed by atoms with Gasteiger partial charge in [0.15, 0.2) is 5.75 Å². The van der Waals surface area contributed by atoms with Gasteiger partial charge in [-0.05, 0) is 19.9 Å². The maximum Gasteiger partial charge on any atom is 0.162 e. The number of aromatic nitrogens is 3. The summed E-state index contributed by atoms with van der Waals surface area (Å²) in [5.41, 5.74) is 3.14. The topological polar surface area (TPSA) is 60.2 Å². The van der Waals surface area contributed by atoms with Crippen LogP contribution in [0, 0.1) is 13.8 Å². The third kappa shape index (κ3) is 2.09. The molecule has 0 saturated heterocycles.